The van der Waals surface area contributed by atoms with Gasteiger partial charge in [0, 0.05) is 13.0 Å². The number of aryl methyl sites for hydroxylation is 1. The van der Waals surface area contributed by atoms with E-state index in [1.54, 1.807) is 22.8 Å². The molecule has 15 heavy (non-hydrogen) atoms. The van der Waals surface area contributed by atoms with Gasteiger partial charge in [0.1, 0.15) is 5.52 Å². The highest BCUT2D eigenvalue weighted by molar-refractivity contribution is 5.87. The number of nitrogens with two attached hydrogens (primary N) is 1. The molecule has 0 radical (unpaired) electrons. The van der Waals surface area contributed by atoms with Gasteiger partial charge >= 0.3 is 5.92 Å². The summed E-state index contributed by atoms with van der Waals surface area (Å²) >= 11 is 0. The largest absolute Gasteiger partial charge is 0.397 e. The molecular weight excluding hydrogens is 200 g/mol. The summed E-state index contributed by atoms with van der Waals surface area (Å²) in [5.41, 5.74) is 7.31. The van der Waals surface area contributed by atoms with E-state index in [0.717, 1.165) is 0 Å². The van der Waals surface area contributed by atoms with Gasteiger partial charge in [0.05, 0.1) is 11.2 Å². The second-order valence-electron chi connectivity index (χ2n) is 3.76. The van der Waals surface area contributed by atoms with Gasteiger partial charge < -0.3 is 10.3 Å². The number of para-hydroxylation sites is 1. The Morgan fingerprint density at radius 3 is 3.00 bits per heavy atom. The molecule has 0 aliphatic carbocycles. The van der Waals surface area contributed by atoms with Crippen molar-refractivity contribution >= 4 is 16.7 Å². The third-order valence-electron chi connectivity index (χ3n) is 2.79. The van der Waals surface area contributed by atoms with Crippen molar-refractivity contribution < 1.29 is 8.78 Å². The van der Waals surface area contributed by atoms with Gasteiger partial charge in [-0.3, -0.25) is 0 Å². The molecule has 0 saturated heterocycles. The lowest BCUT2D eigenvalue weighted by atomic mass is 10.2. The number of rotatable bonds is 0. The van der Waals surface area contributed by atoms with Crippen LogP contribution in [0, 0.1) is 0 Å². The number of nitrogens with zero attached hydrogens (tertiary/aromatic N) is 2. The number of alkyl halides is 2. The molecule has 1 aromatic heterocycles. The van der Waals surface area contributed by atoms with Crippen molar-refractivity contribution in [1.82, 2.24) is 9.55 Å². The summed E-state index contributed by atoms with van der Waals surface area (Å²) in [5.74, 6) is -2.97. The van der Waals surface area contributed by atoms with Gasteiger partial charge in [-0.1, -0.05) is 6.07 Å². The van der Waals surface area contributed by atoms with Crippen molar-refractivity contribution in [3.63, 3.8) is 0 Å². The van der Waals surface area contributed by atoms with E-state index in [-0.39, 0.29) is 12.2 Å². The molecule has 1 aliphatic rings. The van der Waals surface area contributed by atoms with E-state index in [9.17, 15) is 8.78 Å². The summed E-state index contributed by atoms with van der Waals surface area (Å²) in [6, 6.07) is 5.19. The summed E-state index contributed by atoms with van der Waals surface area (Å²) in [6.45, 7) is 0.308. The predicted octanol–water partition coefficient (Wildman–Crippen LogP) is 2.11. The maximum Gasteiger partial charge on any atom is 0.306 e. The van der Waals surface area contributed by atoms with Gasteiger partial charge in [-0.2, -0.15) is 8.78 Å². The Morgan fingerprint density at radius 2 is 2.20 bits per heavy atom. The minimum absolute atomic E-state index is 0.157. The minimum atomic E-state index is -2.81. The summed E-state index contributed by atoms with van der Waals surface area (Å²) in [4.78, 5) is 3.93. The van der Waals surface area contributed by atoms with Crippen LogP contribution in [0.2, 0.25) is 0 Å². The first-order chi connectivity index (χ1) is 7.09. The quantitative estimate of drug-likeness (QED) is 0.675. The Kier molecular flexibility index (Phi) is 1.43. The van der Waals surface area contributed by atoms with Crippen molar-refractivity contribution in [3.05, 3.63) is 24.0 Å². The lowest BCUT2D eigenvalue weighted by molar-refractivity contribution is -0.00603. The monoisotopic (exact) mass is 209 g/mol. The van der Waals surface area contributed by atoms with Crippen molar-refractivity contribution in [3.8, 4) is 0 Å². The normalized spacial score (nSPS) is 18.3. The zero-order chi connectivity index (χ0) is 10.6. The van der Waals surface area contributed by atoms with Crippen molar-refractivity contribution in [2.75, 3.05) is 5.73 Å². The van der Waals surface area contributed by atoms with Crippen LogP contribution in [0.1, 0.15) is 12.2 Å². The molecule has 3 rings (SSSR count). The number of fused-ring (bicyclic) bond motifs is 3. The molecular formula is C10H9F2N3. The van der Waals surface area contributed by atoms with Crippen molar-refractivity contribution in [2.24, 2.45) is 0 Å². The SMILES string of the molecule is Nc1cccc2c1nc1n2CCC1(F)F. The Bertz CT molecular complexity index is 545. The molecule has 2 heterocycles. The van der Waals surface area contributed by atoms with Gasteiger partial charge in [-0.15, -0.1) is 0 Å². The maximum atomic E-state index is 13.4. The van der Waals surface area contributed by atoms with E-state index in [4.69, 9.17) is 5.73 Å². The van der Waals surface area contributed by atoms with Gasteiger partial charge in [0.2, 0.25) is 0 Å². The zero-order valence-electron chi connectivity index (χ0n) is 7.87. The molecule has 1 aliphatic heterocycles. The molecule has 5 heteroatoms. The molecule has 1 aromatic carbocycles. The van der Waals surface area contributed by atoms with Crippen LogP contribution in [0.15, 0.2) is 18.2 Å². The third-order valence-corrected chi connectivity index (χ3v) is 2.79. The average molecular weight is 209 g/mol. The molecule has 0 fully saturated rings. The molecule has 78 valence electrons. The molecule has 0 atom stereocenters. The van der Waals surface area contributed by atoms with Gasteiger partial charge in [-0.25, -0.2) is 4.98 Å². The van der Waals surface area contributed by atoms with Crippen LogP contribution in [0.3, 0.4) is 0 Å². The van der Waals surface area contributed by atoms with Crippen LogP contribution in [-0.2, 0) is 12.5 Å². The average Bonchev–Trinajstić information content (AvgIpc) is 2.67. The second kappa shape index (κ2) is 2.48. The van der Waals surface area contributed by atoms with Crippen LogP contribution >= 0.6 is 0 Å². The summed E-state index contributed by atoms with van der Waals surface area (Å²) < 4.78 is 28.3. The number of halogens is 2. The fourth-order valence-corrected chi connectivity index (χ4v) is 2.04. The van der Waals surface area contributed by atoms with Gasteiger partial charge in [0.25, 0.3) is 0 Å². The minimum Gasteiger partial charge on any atom is -0.397 e. The van der Waals surface area contributed by atoms with E-state index in [1.165, 1.54) is 0 Å². The molecule has 0 unspecified atom stereocenters. The van der Waals surface area contributed by atoms with E-state index < -0.39 is 5.92 Å². The lowest BCUT2D eigenvalue weighted by Crippen LogP contribution is -2.09. The van der Waals surface area contributed by atoms with E-state index in [2.05, 4.69) is 4.98 Å². The fourth-order valence-electron chi connectivity index (χ4n) is 2.04. The Morgan fingerprint density at radius 1 is 1.40 bits per heavy atom. The highest BCUT2D eigenvalue weighted by Gasteiger charge is 2.42. The number of anilines is 1. The van der Waals surface area contributed by atoms with Crippen molar-refractivity contribution in [2.45, 2.75) is 18.9 Å². The first kappa shape index (κ1) is 8.64. The second-order valence-corrected chi connectivity index (χ2v) is 3.76. The van der Waals surface area contributed by atoms with E-state index >= 15 is 0 Å². The van der Waals surface area contributed by atoms with Crippen LogP contribution in [0.4, 0.5) is 14.5 Å². The van der Waals surface area contributed by atoms with Crippen LogP contribution in [-0.4, -0.2) is 9.55 Å². The standard InChI is InChI=1S/C10H9F2N3/c11-10(12)4-5-15-7-3-1-2-6(13)8(7)14-9(10)15/h1-3H,4-5,13H2. The molecule has 0 bridgehead atoms. The Hall–Kier alpha value is -1.65. The van der Waals surface area contributed by atoms with Crippen molar-refractivity contribution in [1.29, 1.82) is 0 Å². The fraction of sp³-hybridized carbons (Fsp3) is 0.300. The number of nitrogen functional groups attached to an aromatic ring is 1. The van der Waals surface area contributed by atoms with E-state index in [1.807, 2.05) is 0 Å². The predicted molar refractivity (Wildman–Crippen MR) is 52.7 cm³/mol. The summed E-state index contributed by atoms with van der Waals surface area (Å²) in [6.07, 6.45) is -0.167. The molecule has 3 nitrogen and oxygen atoms in total. The highest BCUT2D eigenvalue weighted by Crippen LogP contribution is 2.40. The van der Waals surface area contributed by atoms with E-state index in [0.29, 0.717) is 23.3 Å². The number of hydrogen-bond donors (Lipinski definition) is 1. The molecule has 0 saturated carbocycles. The first-order valence-corrected chi connectivity index (χ1v) is 4.72. The lowest BCUT2D eigenvalue weighted by Gasteiger charge is -2.03. The summed E-state index contributed by atoms with van der Waals surface area (Å²) in [7, 11) is 0. The number of imidazole rings is 1. The van der Waals surface area contributed by atoms with Crippen LogP contribution in [0.25, 0.3) is 11.0 Å². The summed E-state index contributed by atoms with van der Waals surface area (Å²) in [5, 5.41) is 0. The zero-order valence-corrected chi connectivity index (χ0v) is 7.87. The molecule has 0 spiro atoms. The third kappa shape index (κ3) is 1.00. The number of benzene rings is 1. The molecule has 2 N–H and O–H groups in total. The van der Waals surface area contributed by atoms with Crippen LogP contribution < -0.4 is 5.73 Å². The Balaban J connectivity index is 2.39. The van der Waals surface area contributed by atoms with Crippen LogP contribution in [0.5, 0.6) is 0 Å². The number of hydrogen-bond acceptors (Lipinski definition) is 2. The highest BCUT2D eigenvalue weighted by atomic mass is 19.3. The maximum absolute atomic E-state index is 13.4. The van der Waals surface area contributed by atoms with Gasteiger partial charge in [0.15, 0.2) is 5.82 Å². The number of aromatic nitrogens is 2. The van der Waals surface area contributed by atoms with Gasteiger partial charge in [-0.05, 0) is 12.1 Å². The topological polar surface area (TPSA) is 43.8 Å². The smallest absolute Gasteiger partial charge is 0.306 e. The molecule has 0 amide bonds. The first-order valence-electron chi connectivity index (χ1n) is 4.72. The Labute approximate surface area is 84.5 Å². The molecule has 2 aromatic rings.